The van der Waals surface area contributed by atoms with E-state index in [-0.39, 0.29) is 0 Å². The highest BCUT2D eigenvalue weighted by molar-refractivity contribution is 4.93. The molecule has 2 heteroatoms. The van der Waals surface area contributed by atoms with Crippen LogP contribution in [0.2, 0.25) is 0 Å². The molecule has 2 rings (SSSR count). The Morgan fingerprint density at radius 3 is 2.56 bits per heavy atom. The molecule has 18 heavy (non-hydrogen) atoms. The van der Waals surface area contributed by atoms with E-state index in [4.69, 9.17) is 0 Å². The summed E-state index contributed by atoms with van der Waals surface area (Å²) in [6, 6.07) is 2.40. The van der Waals surface area contributed by atoms with Crippen molar-refractivity contribution in [1.82, 2.24) is 10.2 Å². The first-order valence-electron chi connectivity index (χ1n) is 8.21. The summed E-state index contributed by atoms with van der Waals surface area (Å²) in [5, 5.41) is 3.64. The second-order valence-electron chi connectivity index (χ2n) is 6.62. The Labute approximate surface area is 114 Å². The minimum Gasteiger partial charge on any atom is -0.314 e. The molecule has 0 bridgehead atoms. The van der Waals surface area contributed by atoms with Gasteiger partial charge in [-0.1, -0.05) is 33.6 Å². The second kappa shape index (κ2) is 6.91. The van der Waals surface area contributed by atoms with E-state index in [0.29, 0.717) is 6.04 Å². The van der Waals surface area contributed by atoms with Crippen molar-refractivity contribution >= 4 is 0 Å². The zero-order chi connectivity index (χ0) is 13.0. The molecule has 0 aromatic heterocycles. The third-order valence-electron chi connectivity index (χ3n) is 4.99. The van der Waals surface area contributed by atoms with E-state index in [0.717, 1.165) is 18.0 Å². The van der Waals surface area contributed by atoms with Gasteiger partial charge in [0.1, 0.15) is 0 Å². The lowest BCUT2D eigenvalue weighted by Crippen LogP contribution is -2.54. The van der Waals surface area contributed by atoms with E-state index in [1.807, 2.05) is 0 Å². The summed E-state index contributed by atoms with van der Waals surface area (Å²) in [5.41, 5.74) is 0. The molecule has 106 valence electrons. The first kappa shape index (κ1) is 14.3. The number of hydrogen-bond donors (Lipinski definition) is 1. The van der Waals surface area contributed by atoms with Crippen LogP contribution >= 0.6 is 0 Å². The largest absolute Gasteiger partial charge is 0.314 e. The van der Waals surface area contributed by atoms with Gasteiger partial charge in [-0.2, -0.15) is 0 Å². The van der Waals surface area contributed by atoms with Crippen molar-refractivity contribution in [3.05, 3.63) is 0 Å². The van der Waals surface area contributed by atoms with Crippen LogP contribution in [-0.4, -0.2) is 36.1 Å². The van der Waals surface area contributed by atoms with Gasteiger partial charge in [0, 0.05) is 18.1 Å². The van der Waals surface area contributed by atoms with Crippen molar-refractivity contribution in [3.8, 4) is 0 Å². The number of hydrogen-bond acceptors (Lipinski definition) is 2. The first-order valence-corrected chi connectivity index (χ1v) is 8.21. The van der Waals surface area contributed by atoms with E-state index in [2.05, 4.69) is 31.0 Å². The van der Waals surface area contributed by atoms with E-state index in [9.17, 15) is 0 Å². The summed E-state index contributed by atoms with van der Waals surface area (Å²) < 4.78 is 0. The minimum absolute atomic E-state index is 0.636. The molecule has 1 saturated heterocycles. The van der Waals surface area contributed by atoms with Gasteiger partial charge in [-0.25, -0.2) is 0 Å². The van der Waals surface area contributed by atoms with Crippen LogP contribution in [0, 0.1) is 5.92 Å². The fourth-order valence-corrected chi connectivity index (χ4v) is 3.69. The van der Waals surface area contributed by atoms with E-state index < -0.39 is 0 Å². The number of rotatable bonds is 5. The van der Waals surface area contributed by atoms with Crippen LogP contribution in [-0.2, 0) is 0 Å². The maximum absolute atomic E-state index is 3.64. The van der Waals surface area contributed by atoms with Crippen LogP contribution < -0.4 is 5.32 Å². The van der Waals surface area contributed by atoms with Gasteiger partial charge in [-0.15, -0.1) is 0 Å². The van der Waals surface area contributed by atoms with Crippen molar-refractivity contribution in [1.29, 1.82) is 0 Å². The van der Waals surface area contributed by atoms with Gasteiger partial charge in [0.05, 0.1) is 0 Å². The van der Waals surface area contributed by atoms with Crippen molar-refractivity contribution in [2.75, 3.05) is 13.1 Å². The topological polar surface area (TPSA) is 15.3 Å². The predicted molar refractivity (Wildman–Crippen MR) is 78.9 cm³/mol. The molecule has 3 atom stereocenters. The van der Waals surface area contributed by atoms with Gasteiger partial charge in [-0.3, -0.25) is 4.90 Å². The SMILES string of the molecule is CCC1CCCCCN1C1CCC1CNC(C)C. The summed E-state index contributed by atoms with van der Waals surface area (Å²) in [6.07, 6.45) is 10.0. The normalized spacial score (nSPS) is 34.3. The summed E-state index contributed by atoms with van der Waals surface area (Å²) in [4.78, 5) is 2.88. The summed E-state index contributed by atoms with van der Waals surface area (Å²) in [7, 11) is 0. The van der Waals surface area contributed by atoms with E-state index in [1.54, 1.807) is 0 Å². The Morgan fingerprint density at radius 2 is 1.94 bits per heavy atom. The fraction of sp³-hybridized carbons (Fsp3) is 1.00. The Kier molecular flexibility index (Phi) is 5.50. The summed E-state index contributed by atoms with van der Waals surface area (Å²) in [5.74, 6) is 0.916. The molecule has 1 aliphatic carbocycles. The average molecular weight is 252 g/mol. The Hall–Kier alpha value is -0.0800. The lowest BCUT2D eigenvalue weighted by atomic mass is 9.77. The van der Waals surface area contributed by atoms with Crippen LogP contribution in [0.15, 0.2) is 0 Å². The van der Waals surface area contributed by atoms with Gasteiger partial charge >= 0.3 is 0 Å². The standard InChI is InChI=1S/C16H32N2/c1-4-15-8-6-5-7-11-18(15)16-10-9-14(16)12-17-13(2)3/h13-17H,4-12H2,1-3H3. The van der Waals surface area contributed by atoms with Gasteiger partial charge in [0.15, 0.2) is 0 Å². The molecule has 0 spiro atoms. The number of nitrogens with one attached hydrogen (secondary N) is 1. The highest BCUT2D eigenvalue weighted by Crippen LogP contribution is 2.35. The van der Waals surface area contributed by atoms with Crippen LogP contribution in [0.5, 0.6) is 0 Å². The van der Waals surface area contributed by atoms with Crippen LogP contribution in [0.4, 0.5) is 0 Å². The Bertz CT molecular complexity index is 239. The highest BCUT2D eigenvalue weighted by Gasteiger charge is 2.37. The van der Waals surface area contributed by atoms with Crippen molar-refractivity contribution in [2.24, 2.45) is 5.92 Å². The molecular weight excluding hydrogens is 220 g/mol. The van der Waals surface area contributed by atoms with Crippen LogP contribution in [0.3, 0.4) is 0 Å². The third-order valence-corrected chi connectivity index (χ3v) is 4.99. The number of nitrogens with zero attached hydrogens (tertiary/aromatic N) is 1. The van der Waals surface area contributed by atoms with Crippen molar-refractivity contribution in [3.63, 3.8) is 0 Å². The maximum atomic E-state index is 3.64. The number of likely N-dealkylation sites (tertiary alicyclic amines) is 1. The highest BCUT2D eigenvalue weighted by atomic mass is 15.2. The zero-order valence-corrected chi connectivity index (χ0v) is 12.6. The summed E-state index contributed by atoms with van der Waals surface area (Å²) in [6.45, 7) is 9.49. The molecular formula is C16H32N2. The molecule has 2 fully saturated rings. The molecule has 1 N–H and O–H groups in total. The molecule has 1 saturated carbocycles. The minimum atomic E-state index is 0.636. The zero-order valence-electron chi connectivity index (χ0n) is 12.6. The quantitative estimate of drug-likeness (QED) is 0.806. The molecule has 0 aromatic rings. The fourth-order valence-electron chi connectivity index (χ4n) is 3.69. The molecule has 1 aliphatic heterocycles. The molecule has 2 nitrogen and oxygen atoms in total. The summed E-state index contributed by atoms with van der Waals surface area (Å²) >= 11 is 0. The van der Waals surface area contributed by atoms with Gasteiger partial charge in [0.2, 0.25) is 0 Å². The van der Waals surface area contributed by atoms with Crippen molar-refractivity contribution in [2.45, 2.75) is 83.8 Å². The molecule has 0 radical (unpaired) electrons. The lowest BCUT2D eigenvalue weighted by molar-refractivity contribution is 0.0268. The van der Waals surface area contributed by atoms with E-state index in [1.165, 1.54) is 58.0 Å². The van der Waals surface area contributed by atoms with Crippen molar-refractivity contribution < 1.29 is 0 Å². The Balaban J connectivity index is 1.87. The van der Waals surface area contributed by atoms with Gasteiger partial charge < -0.3 is 5.32 Å². The average Bonchev–Trinajstić information content (AvgIpc) is 2.53. The predicted octanol–water partition coefficient (Wildman–Crippen LogP) is 3.42. The lowest BCUT2D eigenvalue weighted by Gasteiger charge is -2.47. The van der Waals surface area contributed by atoms with Crippen LogP contribution in [0.25, 0.3) is 0 Å². The monoisotopic (exact) mass is 252 g/mol. The molecule has 2 aliphatic rings. The Morgan fingerprint density at radius 1 is 1.11 bits per heavy atom. The molecule has 1 heterocycles. The van der Waals surface area contributed by atoms with Gasteiger partial charge in [-0.05, 0) is 51.1 Å². The van der Waals surface area contributed by atoms with Crippen LogP contribution in [0.1, 0.15) is 65.7 Å². The van der Waals surface area contributed by atoms with E-state index >= 15 is 0 Å². The second-order valence-corrected chi connectivity index (χ2v) is 6.62. The first-order chi connectivity index (χ1) is 8.72. The maximum Gasteiger partial charge on any atom is 0.0139 e. The molecule has 0 aromatic carbocycles. The smallest absolute Gasteiger partial charge is 0.0139 e. The molecule has 0 amide bonds. The molecule has 3 unspecified atom stereocenters. The van der Waals surface area contributed by atoms with Gasteiger partial charge in [0.25, 0.3) is 0 Å². The third kappa shape index (κ3) is 3.48.